The third-order valence-corrected chi connectivity index (χ3v) is 6.50. The van der Waals surface area contributed by atoms with Crippen LogP contribution in [0.4, 0.5) is 0 Å². The Morgan fingerprint density at radius 3 is 2.68 bits per heavy atom. The number of benzene rings is 2. The summed E-state index contributed by atoms with van der Waals surface area (Å²) in [5.41, 5.74) is 3.83. The van der Waals surface area contributed by atoms with Crippen molar-refractivity contribution >= 4 is 5.91 Å². The summed E-state index contributed by atoms with van der Waals surface area (Å²) in [6.07, 6.45) is 8.03. The van der Waals surface area contributed by atoms with Crippen LogP contribution in [0.5, 0.6) is 11.5 Å². The van der Waals surface area contributed by atoms with Crippen molar-refractivity contribution in [1.82, 2.24) is 20.0 Å². The van der Waals surface area contributed by atoms with E-state index in [1.807, 2.05) is 59.4 Å². The first-order valence-electron chi connectivity index (χ1n) is 12.3. The van der Waals surface area contributed by atoms with E-state index < -0.39 is 0 Å². The summed E-state index contributed by atoms with van der Waals surface area (Å²) >= 11 is 0. The molecule has 0 bridgehead atoms. The Morgan fingerprint density at radius 1 is 1.00 bits per heavy atom. The Bertz CT molecular complexity index is 1110. The zero-order valence-electron chi connectivity index (χ0n) is 19.5. The Labute approximate surface area is 200 Å². The zero-order chi connectivity index (χ0) is 23.2. The zero-order valence-corrected chi connectivity index (χ0v) is 19.5. The van der Waals surface area contributed by atoms with Crippen LogP contribution in [-0.2, 0) is 11.2 Å². The monoisotopic (exact) mass is 460 g/mol. The highest BCUT2D eigenvalue weighted by atomic mass is 16.7. The van der Waals surface area contributed by atoms with E-state index in [2.05, 4.69) is 10.2 Å². The largest absolute Gasteiger partial charge is 0.454 e. The summed E-state index contributed by atoms with van der Waals surface area (Å²) in [7, 11) is 0. The number of fused-ring (bicyclic) bond motifs is 1. The number of piperidine rings is 1. The summed E-state index contributed by atoms with van der Waals surface area (Å²) in [4.78, 5) is 15.1. The molecule has 0 saturated carbocycles. The van der Waals surface area contributed by atoms with Crippen molar-refractivity contribution in [3.05, 3.63) is 60.3 Å². The van der Waals surface area contributed by atoms with Gasteiger partial charge in [-0.05, 0) is 81.2 Å². The van der Waals surface area contributed by atoms with Crippen LogP contribution in [0, 0.1) is 0 Å². The van der Waals surface area contributed by atoms with Gasteiger partial charge >= 0.3 is 0 Å². The quantitative estimate of drug-likeness (QED) is 0.485. The number of nitrogens with one attached hydrogen (secondary N) is 1. The molecule has 0 aliphatic carbocycles. The van der Waals surface area contributed by atoms with Gasteiger partial charge in [0.2, 0.25) is 12.7 Å². The normalized spacial score (nSPS) is 15.4. The summed E-state index contributed by atoms with van der Waals surface area (Å²) in [5, 5.41) is 7.96. The van der Waals surface area contributed by atoms with Crippen molar-refractivity contribution in [3.8, 4) is 28.4 Å². The van der Waals surface area contributed by atoms with Gasteiger partial charge in [-0.2, -0.15) is 5.10 Å². The minimum Gasteiger partial charge on any atom is -0.454 e. The maximum atomic E-state index is 12.6. The van der Waals surface area contributed by atoms with Gasteiger partial charge in [0.25, 0.3) is 0 Å². The molecule has 2 aromatic carbocycles. The highest BCUT2D eigenvalue weighted by Crippen LogP contribution is 2.36. The standard InChI is InChI=1S/C27H32N4O3/c32-26(28-14-7-17-30-15-5-2-6-16-30)13-11-22-19-31(23-8-3-1-4-9-23)29-27(22)21-10-12-24-25(18-21)34-20-33-24/h1,3-4,8-10,12,18-19H,2,5-7,11,13-17,20H2,(H,28,32). The van der Waals surface area contributed by atoms with Crippen LogP contribution in [0.25, 0.3) is 16.9 Å². The number of nitrogens with zero attached hydrogens (tertiary/aromatic N) is 3. The van der Waals surface area contributed by atoms with E-state index in [-0.39, 0.29) is 12.7 Å². The lowest BCUT2D eigenvalue weighted by Gasteiger charge is -2.26. The maximum Gasteiger partial charge on any atom is 0.231 e. The number of aromatic nitrogens is 2. The van der Waals surface area contributed by atoms with Gasteiger partial charge in [0.1, 0.15) is 0 Å². The van der Waals surface area contributed by atoms with Crippen molar-refractivity contribution in [1.29, 1.82) is 0 Å². The van der Waals surface area contributed by atoms with Crippen LogP contribution in [0.15, 0.2) is 54.7 Å². The average Bonchev–Trinajstić information content (AvgIpc) is 3.53. The fourth-order valence-electron chi connectivity index (χ4n) is 4.64. The van der Waals surface area contributed by atoms with E-state index in [1.54, 1.807) is 0 Å². The SMILES string of the molecule is O=C(CCc1cn(-c2ccccc2)nc1-c1ccc2c(c1)OCO2)NCCCN1CCCCC1. The smallest absolute Gasteiger partial charge is 0.231 e. The molecular formula is C27H32N4O3. The molecule has 1 fully saturated rings. The molecular weight excluding hydrogens is 428 g/mol. The average molecular weight is 461 g/mol. The van der Waals surface area contributed by atoms with Gasteiger partial charge in [0.05, 0.1) is 11.4 Å². The summed E-state index contributed by atoms with van der Waals surface area (Å²) in [5.74, 6) is 1.56. The highest BCUT2D eigenvalue weighted by Gasteiger charge is 2.18. The molecule has 0 unspecified atom stereocenters. The number of likely N-dealkylation sites (tertiary alicyclic amines) is 1. The minimum absolute atomic E-state index is 0.0859. The Balaban J connectivity index is 1.24. The van der Waals surface area contributed by atoms with Crippen molar-refractivity contribution in [2.45, 2.75) is 38.5 Å². The Hall–Kier alpha value is -3.32. The molecule has 7 heteroatoms. The number of ether oxygens (including phenoxy) is 2. The predicted molar refractivity (Wildman–Crippen MR) is 131 cm³/mol. The molecule has 0 spiro atoms. The van der Waals surface area contributed by atoms with Crippen molar-refractivity contribution in [2.24, 2.45) is 0 Å². The number of carbonyl (C=O) groups excluding carboxylic acids is 1. The number of aryl methyl sites for hydroxylation is 1. The second-order valence-corrected chi connectivity index (χ2v) is 8.96. The number of hydrogen-bond acceptors (Lipinski definition) is 5. The number of para-hydroxylation sites is 1. The van der Waals surface area contributed by atoms with E-state index in [4.69, 9.17) is 14.6 Å². The molecule has 0 atom stereocenters. The van der Waals surface area contributed by atoms with Crippen LogP contribution in [0.1, 0.15) is 37.7 Å². The maximum absolute atomic E-state index is 12.6. The first-order chi connectivity index (χ1) is 16.8. The Kier molecular flexibility index (Phi) is 7.10. The van der Waals surface area contributed by atoms with Crippen molar-refractivity contribution < 1.29 is 14.3 Å². The summed E-state index contributed by atoms with van der Waals surface area (Å²) < 4.78 is 12.9. The molecule has 0 radical (unpaired) electrons. The van der Waals surface area contributed by atoms with Gasteiger partial charge < -0.3 is 19.7 Å². The molecule has 3 aromatic rings. The summed E-state index contributed by atoms with van der Waals surface area (Å²) in [6.45, 7) is 4.43. The molecule has 1 amide bonds. The minimum atomic E-state index is 0.0859. The second-order valence-electron chi connectivity index (χ2n) is 8.96. The molecule has 178 valence electrons. The summed E-state index contributed by atoms with van der Waals surface area (Å²) in [6, 6.07) is 15.9. The molecule has 7 nitrogen and oxygen atoms in total. The van der Waals surface area contributed by atoms with Gasteiger partial charge in [0, 0.05) is 24.7 Å². The Morgan fingerprint density at radius 2 is 1.82 bits per heavy atom. The number of carbonyl (C=O) groups is 1. The topological polar surface area (TPSA) is 68.6 Å². The van der Waals surface area contributed by atoms with Crippen molar-refractivity contribution in [2.75, 3.05) is 33.0 Å². The van der Waals surface area contributed by atoms with Crippen LogP contribution in [-0.4, -0.2) is 53.6 Å². The fraction of sp³-hybridized carbons (Fsp3) is 0.407. The third-order valence-electron chi connectivity index (χ3n) is 6.50. The first-order valence-corrected chi connectivity index (χ1v) is 12.3. The van der Waals surface area contributed by atoms with E-state index >= 15 is 0 Å². The lowest BCUT2D eigenvalue weighted by Crippen LogP contribution is -2.33. The van der Waals surface area contributed by atoms with Gasteiger partial charge in [0.15, 0.2) is 11.5 Å². The number of hydrogen-bond donors (Lipinski definition) is 1. The number of amides is 1. The van der Waals surface area contributed by atoms with Gasteiger partial charge in [-0.3, -0.25) is 4.79 Å². The molecule has 2 aliphatic rings. The lowest BCUT2D eigenvalue weighted by molar-refractivity contribution is -0.121. The van der Waals surface area contributed by atoms with Gasteiger partial charge in [-0.25, -0.2) is 4.68 Å². The molecule has 3 heterocycles. The molecule has 34 heavy (non-hydrogen) atoms. The van der Waals surface area contributed by atoms with Gasteiger partial charge in [-0.1, -0.05) is 24.6 Å². The van der Waals surface area contributed by atoms with E-state index in [0.29, 0.717) is 12.8 Å². The van der Waals surface area contributed by atoms with Crippen LogP contribution < -0.4 is 14.8 Å². The molecule has 1 aromatic heterocycles. The molecule has 1 N–H and O–H groups in total. The van der Waals surface area contributed by atoms with E-state index in [0.717, 1.165) is 53.5 Å². The number of rotatable bonds is 9. The fourth-order valence-corrected chi connectivity index (χ4v) is 4.64. The lowest BCUT2D eigenvalue weighted by atomic mass is 10.0. The second kappa shape index (κ2) is 10.7. The first kappa shape index (κ1) is 22.5. The third kappa shape index (κ3) is 5.42. The highest BCUT2D eigenvalue weighted by molar-refractivity contribution is 5.77. The van der Waals surface area contributed by atoms with Crippen molar-refractivity contribution in [3.63, 3.8) is 0 Å². The molecule has 1 saturated heterocycles. The van der Waals surface area contributed by atoms with Crippen LogP contribution in [0.2, 0.25) is 0 Å². The van der Waals surface area contributed by atoms with E-state index in [9.17, 15) is 4.79 Å². The van der Waals surface area contributed by atoms with Crippen LogP contribution >= 0.6 is 0 Å². The molecule has 5 rings (SSSR count). The molecule has 2 aliphatic heterocycles. The van der Waals surface area contributed by atoms with E-state index in [1.165, 1.54) is 32.4 Å². The van der Waals surface area contributed by atoms with Crippen LogP contribution in [0.3, 0.4) is 0 Å². The predicted octanol–water partition coefficient (Wildman–Crippen LogP) is 4.19. The van der Waals surface area contributed by atoms with Gasteiger partial charge in [-0.15, -0.1) is 0 Å².